The average Bonchev–Trinajstić information content (AvgIpc) is 2.76. The quantitative estimate of drug-likeness (QED) is 0.650. The van der Waals surface area contributed by atoms with Gasteiger partial charge in [-0.15, -0.1) is 0 Å². The fraction of sp³-hybridized carbons (Fsp3) is 0.182. The highest BCUT2D eigenvalue weighted by molar-refractivity contribution is 8.14. The Bertz CT molecular complexity index is 615. The molecule has 1 aromatic rings. The maximum Gasteiger partial charge on any atom is 0.298 e. The highest BCUT2D eigenvalue weighted by Gasteiger charge is 2.51. The normalized spacial score (nSPS) is 20.1. The molecule has 1 N–H and O–H groups in total. The van der Waals surface area contributed by atoms with E-state index in [1.165, 1.54) is 24.3 Å². The third-order valence-electron chi connectivity index (χ3n) is 2.59. The summed E-state index contributed by atoms with van der Waals surface area (Å²) >= 11 is 0.935. The maximum atomic E-state index is 10.6. The number of nitro groups is 1. The topological polar surface area (TPSA) is 124 Å². The zero-order valence-corrected chi connectivity index (χ0v) is 10.2. The molecule has 0 spiro atoms. The van der Waals surface area contributed by atoms with Gasteiger partial charge in [0.25, 0.3) is 11.3 Å². The Labute approximate surface area is 112 Å². The third kappa shape index (κ3) is 2.09. The van der Waals surface area contributed by atoms with Crippen molar-refractivity contribution in [1.29, 1.82) is 15.9 Å². The number of thioether (sulfide) groups is 1. The van der Waals surface area contributed by atoms with Gasteiger partial charge in [-0.2, -0.15) is 10.5 Å². The Morgan fingerprint density at radius 3 is 2.42 bits per heavy atom. The Balaban J connectivity index is 2.41. The smallest absolute Gasteiger partial charge is 0.298 e. The summed E-state index contributed by atoms with van der Waals surface area (Å²) in [6.07, 6.45) is 0. The zero-order valence-electron chi connectivity index (χ0n) is 9.36. The molecule has 8 heteroatoms. The van der Waals surface area contributed by atoms with Crippen molar-refractivity contribution in [3.8, 4) is 12.1 Å². The summed E-state index contributed by atoms with van der Waals surface area (Å²) in [4.78, 5) is 10.0. The first-order chi connectivity index (χ1) is 9.02. The second-order valence-electron chi connectivity index (χ2n) is 3.70. The van der Waals surface area contributed by atoms with Crippen LogP contribution in [0.4, 0.5) is 5.69 Å². The number of nitrogens with one attached hydrogen (secondary N) is 1. The maximum absolute atomic E-state index is 10.6. The van der Waals surface area contributed by atoms with Gasteiger partial charge in [0, 0.05) is 12.1 Å². The van der Waals surface area contributed by atoms with Crippen molar-refractivity contribution < 1.29 is 9.66 Å². The van der Waals surface area contributed by atoms with E-state index in [1.54, 1.807) is 12.1 Å². The standard InChI is InChI=1S/C11H6N4O3S/c12-5-11(6-13)9(19-10(14)18-11)7-1-3-8(4-2-7)15(16)17/h1-4,9,14H. The van der Waals surface area contributed by atoms with Crippen molar-refractivity contribution in [3.63, 3.8) is 0 Å². The van der Waals surface area contributed by atoms with Crippen LogP contribution in [-0.4, -0.2) is 15.8 Å². The van der Waals surface area contributed by atoms with Gasteiger partial charge in [0.05, 0.1) is 4.92 Å². The number of rotatable bonds is 2. The van der Waals surface area contributed by atoms with Gasteiger partial charge in [-0.3, -0.25) is 15.5 Å². The molecular formula is C11H6N4O3S. The van der Waals surface area contributed by atoms with E-state index in [0.717, 1.165) is 11.8 Å². The lowest BCUT2D eigenvalue weighted by atomic mass is 9.96. The lowest BCUT2D eigenvalue weighted by Crippen LogP contribution is -2.29. The number of hydrogen-bond donors (Lipinski definition) is 1. The molecule has 1 aromatic carbocycles. The molecule has 0 radical (unpaired) electrons. The fourth-order valence-corrected chi connectivity index (χ4v) is 2.68. The summed E-state index contributed by atoms with van der Waals surface area (Å²) in [5.41, 5.74) is -1.32. The molecule has 1 aliphatic rings. The van der Waals surface area contributed by atoms with Crippen LogP contribution < -0.4 is 0 Å². The molecule has 1 saturated heterocycles. The molecule has 7 nitrogen and oxygen atoms in total. The summed E-state index contributed by atoms with van der Waals surface area (Å²) in [6.45, 7) is 0. The zero-order chi connectivity index (χ0) is 14.0. The summed E-state index contributed by atoms with van der Waals surface area (Å²) < 4.78 is 4.98. The number of ether oxygens (including phenoxy) is 1. The molecule has 2 rings (SSSR count). The molecule has 0 aromatic heterocycles. The summed E-state index contributed by atoms with van der Waals surface area (Å²) in [5.74, 6) is 0. The molecule has 1 aliphatic heterocycles. The minimum atomic E-state index is -1.77. The van der Waals surface area contributed by atoms with Gasteiger partial charge in [-0.05, 0) is 5.56 Å². The Hall–Kier alpha value is -2.58. The Morgan fingerprint density at radius 1 is 1.37 bits per heavy atom. The number of nitrogens with zero attached hydrogens (tertiary/aromatic N) is 3. The summed E-state index contributed by atoms with van der Waals surface area (Å²) in [6, 6.07) is 9.03. The SMILES string of the molecule is N#CC1(C#N)OC(=N)SC1c1ccc([N+](=O)[O-])cc1. The Kier molecular flexibility index (Phi) is 3.11. The second-order valence-corrected chi connectivity index (χ2v) is 4.77. The number of non-ortho nitro benzene ring substituents is 1. The lowest BCUT2D eigenvalue weighted by molar-refractivity contribution is -0.384. The molecule has 1 atom stereocenters. The highest BCUT2D eigenvalue weighted by Crippen LogP contribution is 2.47. The van der Waals surface area contributed by atoms with E-state index in [1.807, 2.05) is 0 Å². The van der Waals surface area contributed by atoms with Crippen molar-refractivity contribution in [2.45, 2.75) is 10.9 Å². The second kappa shape index (κ2) is 4.59. The third-order valence-corrected chi connectivity index (χ3v) is 3.72. The van der Waals surface area contributed by atoms with Crippen molar-refractivity contribution in [3.05, 3.63) is 39.9 Å². The van der Waals surface area contributed by atoms with Crippen molar-refractivity contribution in [1.82, 2.24) is 0 Å². The van der Waals surface area contributed by atoms with Crippen LogP contribution in [0.25, 0.3) is 0 Å². The van der Waals surface area contributed by atoms with Crippen LogP contribution in [0.1, 0.15) is 10.8 Å². The molecule has 1 heterocycles. The molecule has 0 amide bonds. The van der Waals surface area contributed by atoms with Crippen LogP contribution in [0.5, 0.6) is 0 Å². The van der Waals surface area contributed by atoms with Crippen LogP contribution in [0, 0.1) is 38.2 Å². The first-order valence-corrected chi connectivity index (χ1v) is 5.91. The molecule has 1 fully saturated rings. The predicted molar refractivity (Wildman–Crippen MR) is 66.2 cm³/mol. The average molecular weight is 274 g/mol. The van der Waals surface area contributed by atoms with Crippen LogP contribution in [0.3, 0.4) is 0 Å². The van der Waals surface area contributed by atoms with Crippen LogP contribution >= 0.6 is 11.8 Å². The van der Waals surface area contributed by atoms with E-state index in [4.69, 9.17) is 20.7 Å². The molecule has 0 bridgehead atoms. The van der Waals surface area contributed by atoms with Crippen molar-refractivity contribution in [2.75, 3.05) is 0 Å². The molecular weight excluding hydrogens is 268 g/mol. The van der Waals surface area contributed by atoms with Gasteiger partial charge in [-0.1, -0.05) is 23.9 Å². The largest absolute Gasteiger partial charge is 0.436 e. The number of nitro benzene ring substituents is 1. The van der Waals surface area contributed by atoms with E-state index in [9.17, 15) is 10.1 Å². The highest BCUT2D eigenvalue weighted by atomic mass is 32.2. The van der Waals surface area contributed by atoms with Crippen LogP contribution in [-0.2, 0) is 4.74 Å². The minimum absolute atomic E-state index is 0.0812. The van der Waals surface area contributed by atoms with Gasteiger partial charge in [-0.25, -0.2) is 0 Å². The molecule has 0 aliphatic carbocycles. The first-order valence-electron chi connectivity index (χ1n) is 5.03. The van der Waals surface area contributed by atoms with Gasteiger partial charge in [0.15, 0.2) is 0 Å². The number of nitriles is 2. The minimum Gasteiger partial charge on any atom is -0.436 e. The van der Waals surface area contributed by atoms with E-state index < -0.39 is 15.8 Å². The van der Waals surface area contributed by atoms with Crippen molar-refractivity contribution in [2.24, 2.45) is 0 Å². The van der Waals surface area contributed by atoms with Crippen LogP contribution in [0.2, 0.25) is 0 Å². The van der Waals surface area contributed by atoms with Gasteiger partial charge < -0.3 is 4.74 Å². The number of hydrogen-bond acceptors (Lipinski definition) is 7. The molecule has 94 valence electrons. The molecule has 1 unspecified atom stereocenters. The monoisotopic (exact) mass is 274 g/mol. The van der Waals surface area contributed by atoms with Crippen LogP contribution in [0.15, 0.2) is 24.3 Å². The first kappa shape index (κ1) is 12.9. The number of benzene rings is 1. The van der Waals surface area contributed by atoms with E-state index in [-0.39, 0.29) is 10.9 Å². The predicted octanol–water partition coefficient (Wildman–Crippen LogP) is 2.12. The van der Waals surface area contributed by atoms with E-state index >= 15 is 0 Å². The van der Waals surface area contributed by atoms with E-state index in [0.29, 0.717) is 5.56 Å². The van der Waals surface area contributed by atoms with Gasteiger partial charge >= 0.3 is 0 Å². The van der Waals surface area contributed by atoms with Gasteiger partial charge in [0.2, 0.25) is 5.23 Å². The lowest BCUT2D eigenvalue weighted by Gasteiger charge is -2.17. The Morgan fingerprint density at radius 2 is 1.95 bits per heavy atom. The summed E-state index contributed by atoms with van der Waals surface area (Å²) in [5, 5.41) is 35.3. The molecule has 19 heavy (non-hydrogen) atoms. The van der Waals surface area contributed by atoms with Gasteiger partial charge in [0.1, 0.15) is 17.4 Å². The molecule has 0 saturated carbocycles. The van der Waals surface area contributed by atoms with E-state index in [2.05, 4.69) is 0 Å². The fourth-order valence-electron chi connectivity index (χ4n) is 1.68. The summed E-state index contributed by atoms with van der Waals surface area (Å²) in [7, 11) is 0. The van der Waals surface area contributed by atoms with Crippen molar-refractivity contribution >= 4 is 22.7 Å².